The topological polar surface area (TPSA) is 20.2 Å². The number of hydrogen-bond donors (Lipinski definition) is 1. The first-order chi connectivity index (χ1) is 7.86. The Morgan fingerprint density at radius 2 is 1.47 bits per heavy atom. The van der Waals surface area contributed by atoms with Crippen molar-refractivity contribution in [3.8, 4) is 5.75 Å². The third-order valence-electron chi connectivity index (χ3n) is 4.50. The zero-order valence-corrected chi connectivity index (χ0v) is 11.6. The van der Waals surface area contributed by atoms with E-state index in [0.717, 1.165) is 23.1 Å². The van der Waals surface area contributed by atoms with Crippen molar-refractivity contribution in [2.75, 3.05) is 0 Å². The van der Waals surface area contributed by atoms with E-state index in [1.807, 2.05) is 13.0 Å². The highest BCUT2D eigenvalue weighted by molar-refractivity contribution is 5.41. The van der Waals surface area contributed by atoms with Crippen molar-refractivity contribution in [1.29, 1.82) is 0 Å². The van der Waals surface area contributed by atoms with E-state index in [-0.39, 0.29) is 0 Å². The lowest BCUT2D eigenvalue weighted by Crippen LogP contribution is -2.53. The van der Waals surface area contributed by atoms with Gasteiger partial charge in [-0.05, 0) is 52.3 Å². The summed E-state index contributed by atoms with van der Waals surface area (Å²) in [6.45, 7) is 13.4. The first-order valence-corrected chi connectivity index (χ1v) is 6.54. The van der Waals surface area contributed by atoms with Gasteiger partial charge in [0.15, 0.2) is 0 Å². The first-order valence-electron chi connectivity index (χ1n) is 6.54. The maximum atomic E-state index is 9.82. The summed E-state index contributed by atoms with van der Waals surface area (Å²) >= 11 is 0. The van der Waals surface area contributed by atoms with Gasteiger partial charge in [0.1, 0.15) is 18.8 Å². The van der Waals surface area contributed by atoms with Gasteiger partial charge in [0.2, 0.25) is 0 Å². The fraction of sp³-hybridized carbons (Fsp3) is 0.600. The highest BCUT2D eigenvalue weighted by Crippen LogP contribution is 2.37. The molecular weight excluding hydrogens is 210 g/mol. The average Bonchev–Trinajstić information content (AvgIpc) is 2.58. The molecule has 0 radical (unpaired) electrons. The Morgan fingerprint density at radius 3 is 1.94 bits per heavy atom. The molecule has 2 nitrogen and oxygen atoms in total. The fourth-order valence-electron chi connectivity index (χ4n) is 3.11. The standard InChI is InChI=1S/C15H23NO/c1-10(2)16(11(3)4)8-13-6-12(5)15(17)7-14(13)9-16/h6-7,10-11H,8-9H2,1-5H3/p+1. The van der Waals surface area contributed by atoms with Crippen LogP contribution in [-0.2, 0) is 13.1 Å². The number of hydrogen-bond acceptors (Lipinski definition) is 1. The maximum absolute atomic E-state index is 9.82. The molecule has 0 fully saturated rings. The number of benzene rings is 1. The predicted octanol–water partition coefficient (Wildman–Crippen LogP) is 3.35. The molecule has 0 aliphatic carbocycles. The van der Waals surface area contributed by atoms with Gasteiger partial charge in [-0.1, -0.05) is 0 Å². The number of aryl methyl sites for hydroxylation is 1. The van der Waals surface area contributed by atoms with Gasteiger partial charge in [0, 0.05) is 11.1 Å². The lowest BCUT2D eigenvalue weighted by atomic mass is 10.1. The third kappa shape index (κ3) is 1.85. The molecule has 94 valence electrons. The Labute approximate surface area is 104 Å². The van der Waals surface area contributed by atoms with Gasteiger partial charge in [-0.15, -0.1) is 0 Å². The van der Waals surface area contributed by atoms with Crippen LogP contribution >= 0.6 is 0 Å². The summed E-state index contributed by atoms with van der Waals surface area (Å²) in [5, 5.41) is 9.82. The molecule has 1 aromatic rings. The van der Waals surface area contributed by atoms with Crippen LogP contribution in [0.3, 0.4) is 0 Å². The third-order valence-corrected chi connectivity index (χ3v) is 4.50. The van der Waals surface area contributed by atoms with Gasteiger partial charge in [-0.2, -0.15) is 0 Å². The molecule has 1 aliphatic rings. The number of phenols is 1. The van der Waals surface area contributed by atoms with Crippen LogP contribution in [-0.4, -0.2) is 21.7 Å². The molecule has 1 N–H and O–H groups in total. The van der Waals surface area contributed by atoms with Gasteiger partial charge < -0.3 is 9.59 Å². The summed E-state index contributed by atoms with van der Waals surface area (Å²) in [4.78, 5) is 0. The molecule has 2 rings (SSSR count). The second-order valence-corrected chi connectivity index (χ2v) is 6.01. The van der Waals surface area contributed by atoms with Crippen molar-refractivity contribution in [2.45, 2.75) is 59.8 Å². The Bertz CT molecular complexity index is 394. The second-order valence-electron chi connectivity index (χ2n) is 6.01. The number of rotatable bonds is 2. The Balaban J connectivity index is 2.43. The molecule has 0 amide bonds. The molecule has 1 aromatic carbocycles. The summed E-state index contributed by atoms with van der Waals surface area (Å²) < 4.78 is 1.11. The molecule has 0 saturated heterocycles. The highest BCUT2D eigenvalue weighted by Gasteiger charge is 2.41. The first kappa shape index (κ1) is 12.4. The van der Waals surface area contributed by atoms with E-state index in [1.54, 1.807) is 0 Å². The largest absolute Gasteiger partial charge is 0.508 e. The smallest absolute Gasteiger partial charge is 0.119 e. The van der Waals surface area contributed by atoms with E-state index in [2.05, 4.69) is 33.8 Å². The van der Waals surface area contributed by atoms with E-state index in [4.69, 9.17) is 0 Å². The minimum atomic E-state index is 0.441. The van der Waals surface area contributed by atoms with E-state index >= 15 is 0 Å². The molecular formula is C15H24NO+. The van der Waals surface area contributed by atoms with Gasteiger partial charge in [0.05, 0.1) is 12.1 Å². The maximum Gasteiger partial charge on any atom is 0.119 e. The minimum Gasteiger partial charge on any atom is -0.508 e. The monoisotopic (exact) mass is 234 g/mol. The molecule has 0 spiro atoms. The molecule has 1 aliphatic heterocycles. The number of nitrogens with zero attached hydrogens (tertiary/aromatic N) is 1. The molecule has 0 atom stereocenters. The van der Waals surface area contributed by atoms with Gasteiger partial charge in [0.25, 0.3) is 0 Å². The lowest BCUT2D eigenvalue weighted by molar-refractivity contribution is -0.985. The molecule has 0 bridgehead atoms. The molecule has 17 heavy (non-hydrogen) atoms. The second kappa shape index (κ2) is 4.02. The molecule has 0 unspecified atom stereocenters. The van der Waals surface area contributed by atoms with Gasteiger partial charge >= 0.3 is 0 Å². The minimum absolute atomic E-state index is 0.441. The van der Waals surface area contributed by atoms with Gasteiger partial charge in [-0.3, -0.25) is 0 Å². The quantitative estimate of drug-likeness (QED) is 0.778. The Hall–Kier alpha value is -1.02. The lowest BCUT2D eigenvalue weighted by Gasteiger charge is -2.42. The van der Waals surface area contributed by atoms with E-state index in [1.165, 1.54) is 11.1 Å². The summed E-state index contributed by atoms with van der Waals surface area (Å²) in [6.07, 6.45) is 0. The van der Waals surface area contributed by atoms with Crippen molar-refractivity contribution in [1.82, 2.24) is 0 Å². The van der Waals surface area contributed by atoms with E-state index in [9.17, 15) is 5.11 Å². The number of fused-ring (bicyclic) bond motifs is 1. The van der Waals surface area contributed by atoms with Crippen molar-refractivity contribution in [3.63, 3.8) is 0 Å². The number of phenolic OH excluding ortho intramolecular Hbond substituents is 1. The molecule has 1 heterocycles. The van der Waals surface area contributed by atoms with Crippen LogP contribution < -0.4 is 0 Å². The van der Waals surface area contributed by atoms with Crippen LogP contribution in [0.4, 0.5) is 0 Å². The Morgan fingerprint density at radius 1 is 1.00 bits per heavy atom. The van der Waals surface area contributed by atoms with E-state index in [0.29, 0.717) is 17.8 Å². The number of quaternary nitrogens is 1. The van der Waals surface area contributed by atoms with Crippen LogP contribution in [0.2, 0.25) is 0 Å². The summed E-state index contributed by atoms with van der Waals surface area (Å²) in [7, 11) is 0. The van der Waals surface area contributed by atoms with Crippen LogP contribution in [0.25, 0.3) is 0 Å². The zero-order chi connectivity index (χ0) is 12.8. The van der Waals surface area contributed by atoms with Crippen LogP contribution in [0.1, 0.15) is 44.4 Å². The summed E-state index contributed by atoms with van der Waals surface area (Å²) in [6, 6.07) is 5.36. The van der Waals surface area contributed by atoms with Crippen molar-refractivity contribution in [3.05, 3.63) is 28.8 Å². The molecule has 2 heteroatoms. The molecule has 0 saturated carbocycles. The fourth-order valence-corrected chi connectivity index (χ4v) is 3.11. The zero-order valence-electron chi connectivity index (χ0n) is 11.6. The van der Waals surface area contributed by atoms with Crippen LogP contribution in [0.15, 0.2) is 12.1 Å². The average molecular weight is 234 g/mol. The van der Waals surface area contributed by atoms with Gasteiger partial charge in [-0.25, -0.2) is 0 Å². The van der Waals surface area contributed by atoms with Crippen LogP contribution in [0.5, 0.6) is 5.75 Å². The van der Waals surface area contributed by atoms with Crippen LogP contribution in [0, 0.1) is 6.92 Å². The molecule has 0 aromatic heterocycles. The predicted molar refractivity (Wildman–Crippen MR) is 70.8 cm³/mol. The number of aromatic hydroxyl groups is 1. The van der Waals surface area contributed by atoms with Crippen molar-refractivity contribution in [2.24, 2.45) is 0 Å². The summed E-state index contributed by atoms with van der Waals surface area (Å²) in [5.41, 5.74) is 3.74. The SMILES string of the molecule is Cc1cc2c(cc1O)C[N+](C(C)C)(C(C)C)C2. The normalized spacial score (nSPS) is 17.8. The van der Waals surface area contributed by atoms with E-state index < -0.39 is 0 Å². The Kier molecular flexibility index (Phi) is 2.94. The van der Waals surface area contributed by atoms with Crippen molar-refractivity contribution >= 4 is 0 Å². The summed E-state index contributed by atoms with van der Waals surface area (Å²) in [5.74, 6) is 0.441. The van der Waals surface area contributed by atoms with Crippen molar-refractivity contribution < 1.29 is 9.59 Å². The highest BCUT2D eigenvalue weighted by atomic mass is 16.3.